The van der Waals surface area contributed by atoms with E-state index in [1.165, 1.54) is 17.4 Å². The van der Waals surface area contributed by atoms with Gasteiger partial charge in [0.05, 0.1) is 12.1 Å². The number of anilines is 1. The minimum Gasteiger partial charge on any atom is -0.327 e. The highest BCUT2D eigenvalue weighted by Gasteiger charge is 2.46. The van der Waals surface area contributed by atoms with Gasteiger partial charge < -0.3 is 4.90 Å². The second-order valence-electron chi connectivity index (χ2n) is 8.18. The molecule has 2 aromatic carbocycles. The molecule has 0 bridgehead atoms. The van der Waals surface area contributed by atoms with Crippen molar-refractivity contribution in [3.8, 4) is 0 Å². The highest BCUT2D eigenvalue weighted by Crippen LogP contribution is 2.30. The molecule has 0 N–H and O–H groups in total. The number of benzene rings is 2. The summed E-state index contributed by atoms with van der Waals surface area (Å²) in [6.45, 7) is 4.09. The van der Waals surface area contributed by atoms with E-state index in [1.54, 1.807) is 29.2 Å². The van der Waals surface area contributed by atoms with E-state index in [9.17, 15) is 14.4 Å². The van der Waals surface area contributed by atoms with Crippen LogP contribution in [-0.2, 0) is 20.9 Å². The number of imide groups is 1. The molecule has 6 nitrogen and oxygen atoms in total. The molecule has 162 valence electrons. The van der Waals surface area contributed by atoms with Crippen molar-refractivity contribution in [1.82, 2.24) is 9.80 Å². The number of hydrogen-bond donors (Lipinski definition) is 0. The fourth-order valence-corrected chi connectivity index (χ4v) is 4.89. The molecule has 2 fully saturated rings. The first-order chi connectivity index (χ1) is 14.9. The fraction of sp³-hybridized carbons (Fsp3) is 0.375. The van der Waals surface area contributed by atoms with E-state index >= 15 is 0 Å². The Morgan fingerprint density at radius 1 is 1.03 bits per heavy atom. The molecule has 1 atom stereocenters. The van der Waals surface area contributed by atoms with Crippen LogP contribution in [0.4, 0.5) is 5.69 Å². The van der Waals surface area contributed by atoms with Crippen LogP contribution >= 0.6 is 15.9 Å². The zero-order valence-electron chi connectivity index (χ0n) is 17.5. The second kappa shape index (κ2) is 9.32. The molecule has 1 unspecified atom stereocenters. The summed E-state index contributed by atoms with van der Waals surface area (Å²) in [5.41, 5.74) is 1.81. The van der Waals surface area contributed by atoms with Crippen LogP contribution in [0.3, 0.4) is 0 Å². The topological polar surface area (TPSA) is 60.9 Å². The number of rotatable bonds is 5. The van der Waals surface area contributed by atoms with Gasteiger partial charge in [-0.25, -0.2) is 4.90 Å². The lowest BCUT2D eigenvalue weighted by atomic mass is 9.99. The average molecular weight is 484 g/mol. The SMILES string of the molecule is CC(=O)N(C1CCN(Cc2ccccc2)CC1)C1CC(=O)N(c2ccc(Br)cc2)C1=O. The third kappa shape index (κ3) is 4.72. The van der Waals surface area contributed by atoms with Crippen LogP contribution in [0, 0.1) is 0 Å². The van der Waals surface area contributed by atoms with E-state index in [2.05, 4.69) is 33.0 Å². The first kappa shape index (κ1) is 21.7. The second-order valence-corrected chi connectivity index (χ2v) is 9.10. The van der Waals surface area contributed by atoms with Gasteiger partial charge in [-0.2, -0.15) is 0 Å². The van der Waals surface area contributed by atoms with Crippen molar-refractivity contribution >= 4 is 39.3 Å². The smallest absolute Gasteiger partial charge is 0.257 e. The molecule has 2 heterocycles. The van der Waals surface area contributed by atoms with Crippen molar-refractivity contribution in [2.45, 2.75) is 44.8 Å². The van der Waals surface area contributed by atoms with E-state index in [-0.39, 0.29) is 30.2 Å². The first-order valence-electron chi connectivity index (χ1n) is 10.6. The number of amides is 3. The van der Waals surface area contributed by atoms with Crippen molar-refractivity contribution in [1.29, 1.82) is 0 Å². The summed E-state index contributed by atoms with van der Waals surface area (Å²) in [7, 11) is 0. The molecule has 4 rings (SSSR count). The molecule has 2 aliphatic heterocycles. The van der Waals surface area contributed by atoms with Gasteiger partial charge >= 0.3 is 0 Å². The van der Waals surface area contributed by atoms with E-state index in [4.69, 9.17) is 0 Å². The molecule has 0 aliphatic carbocycles. The lowest BCUT2D eigenvalue weighted by molar-refractivity contribution is -0.140. The summed E-state index contributed by atoms with van der Waals surface area (Å²) in [5, 5.41) is 0. The maximum Gasteiger partial charge on any atom is 0.257 e. The summed E-state index contributed by atoms with van der Waals surface area (Å²) >= 11 is 3.37. The van der Waals surface area contributed by atoms with Gasteiger partial charge in [0.2, 0.25) is 11.8 Å². The number of carbonyl (C=O) groups excluding carboxylic acids is 3. The molecule has 2 aliphatic rings. The number of nitrogens with zero attached hydrogens (tertiary/aromatic N) is 3. The van der Waals surface area contributed by atoms with E-state index in [0.29, 0.717) is 5.69 Å². The molecule has 2 aromatic rings. The van der Waals surface area contributed by atoms with Crippen LogP contribution < -0.4 is 4.90 Å². The van der Waals surface area contributed by atoms with Crippen LogP contribution in [-0.4, -0.2) is 52.7 Å². The highest BCUT2D eigenvalue weighted by molar-refractivity contribution is 9.10. The number of hydrogen-bond acceptors (Lipinski definition) is 4. The van der Waals surface area contributed by atoms with E-state index in [0.717, 1.165) is 36.9 Å². The predicted molar refractivity (Wildman–Crippen MR) is 122 cm³/mol. The Morgan fingerprint density at radius 3 is 2.29 bits per heavy atom. The third-order valence-electron chi connectivity index (χ3n) is 6.11. The Kier molecular flexibility index (Phi) is 6.53. The molecular formula is C24H26BrN3O3. The third-order valence-corrected chi connectivity index (χ3v) is 6.64. The maximum atomic E-state index is 13.2. The Balaban J connectivity index is 1.44. The standard InChI is InChI=1S/C24H26BrN3O3/c1-17(29)27(21-11-13-26(14-12-21)16-18-5-3-2-4-6-18)22-15-23(30)28(24(22)31)20-9-7-19(25)8-10-20/h2-10,21-22H,11-16H2,1H3. The van der Waals surface area contributed by atoms with Crippen LogP contribution in [0.2, 0.25) is 0 Å². The lowest BCUT2D eigenvalue weighted by Crippen LogP contribution is -2.53. The largest absolute Gasteiger partial charge is 0.327 e. The molecule has 3 amide bonds. The minimum absolute atomic E-state index is 0.0314. The summed E-state index contributed by atoms with van der Waals surface area (Å²) in [5.74, 6) is -0.718. The number of halogens is 1. The molecule has 0 radical (unpaired) electrons. The van der Waals surface area contributed by atoms with Gasteiger partial charge in [-0.3, -0.25) is 19.3 Å². The van der Waals surface area contributed by atoms with Gasteiger partial charge in [-0.1, -0.05) is 46.3 Å². The Labute approximate surface area is 190 Å². The average Bonchev–Trinajstić information content (AvgIpc) is 3.04. The van der Waals surface area contributed by atoms with Crippen LogP contribution in [0.5, 0.6) is 0 Å². The van der Waals surface area contributed by atoms with Crippen molar-refractivity contribution in [2.75, 3.05) is 18.0 Å². The molecule has 0 saturated carbocycles. The van der Waals surface area contributed by atoms with Crippen molar-refractivity contribution in [3.63, 3.8) is 0 Å². The quantitative estimate of drug-likeness (QED) is 0.609. The molecule has 0 aromatic heterocycles. The monoisotopic (exact) mass is 483 g/mol. The van der Waals surface area contributed by atoms with Crippen LogP contribution in [0.25, 0.3) is 0 Å². The first-order valence-corrected chi connectivity index (χ1v) is 11.4. The fourth-order valence-electron chi connectivity index (χ4n) is 4.62. The van der Waals surface area contributed by atoms with Crippen molar-refractivity contribution in [2.24, 2.45) is 0 Å². The molecule has 0 spiro atoms. The van der Waals surface area contributed by atoms with Crippen LogP contribution in [0.1, 0.15) is 31.7 Å². The Hall–Kier alpha value is -2.51. The normalized spacial score (nSPS) is 20.3. The van der Waals surface area contributed by atoms with Gasteiger partial charge in [-0.15, -0.1) is 0 Å². The zero-order valence-corrected chi connectivity index (χ0v) is 19.1. The highest BCUT2D eigenvalue weighted by atomic mass is 79.9. The molecule has 31 heavy (non-hydrogen) atoms. The molecule has 2 saturated heterocycles. The molecular weight excluding hydrogens is 458 g/mol. The Morgan fingerprint density at radius 2 is 1.68 bits per heavy atom. The predicted octanol–water partition coefficient (Wildman–Crippen LogP) is 3.59. The van der Waals surface area contributed by atoms with E-state index < -0.39 is 6.04 Å². The van der Waals surface area contributed by atoms with E-state index in [1.807, 2.05) is 18.2 Å². The van der Waals surface area contributed by atoms with Crippen LogP contribution in [0.15, 0.2) is 59.1 Å². The van der Waals surface area contributed by atoms with Gasteiger partial charge in [-0.05, 0) is 42.7 Å². The zero-order chi connectivity index (χ0) is 22.0. The summed E-state index contributed by atoms with van der Waals surface area (Å²) in [6.07, 6.45) is 1.63. The number of likely N-dealkylation sites (tertiary alicyclic amines) is 1. The Bertz CT molecular complexity index is 956. The van der Waals surface area contributed by atoms with Gasteiger partial charge in [0.25, 0.3) is 5.91 Å². The number of carbonyl (C=O) groups is 3. The van der Waals surface area contributed by atoms with Gasteiger partial charge in [0, 0.05) is 37.1 Å². The van der Waals surface area contributed by atoms with Crippen molar-refractivity contribution in [3.05, 3.63) is 64.6 Å². The maximum absolute atomic E-state index is 13.2. The summed E-state index contributed by atoms with van der Waals surface area (Å²) in [6, 6.07) is 16.7. The lowest BCUT2D eigenvalue weighted by Gasteiger charge is -2.40. The summed E-state index contributed by atoms with van der Waals surface area (Å²) < 4.78 is 0.875. The summed E-state index contributed by atoms with van der Waals surface area (Å²) in [4.78, 5) is 43.7. The molecule has 7 heteroatoms. The van der Waals surface area contributed by atoms with Crippen molar-refractivity contribution < 1.29 is 14.4 Å². The minimum atomic E-state index is -0.723. The van der Waals surface area contributed by atoms with Gasteiger partial charge in [0.1, 0.15) is 6.04 Å². The number of piperidine rings is 1. The van der Waals surface area contributed by atoms with Gasteiger partial charge in [0.15, 0.2) is 0 Å².